The molecule has 1 aromatic carbocycles. The van der Waals surface area contributed by atoms with Crippen LogP contribution in [-0.2, 0) is 18.4 Å². The Labute approximate surface area is 137 Å². The number of hydrogen-bond donors (Lipinski definition) is 0. The maximum Gasteiger partial charge on any atom is 0.295 e. The number of aromatic nitrogens is 2. The minimum Gasteiger partial charge on any atom is -0.328 e. The first-order valence-electron chi connectivity index (χ1n) is 7.13. The molecule has 0 radical (unpaired) electrons. The molecule has 5 nitrogen and oxygen atoms in total. The van der Waals surface area contributed by atoms with Gasteiger partial charge in [0.05, 0.1) is 11.8 Å². The van der Waals surface area contributed by atoms with E-state index in [-0.39, 0.29) is 6.04 Å². The number of hydrogen-bond acceptors (Lipinski definition) is 3. The van der Waals surface area contributed by atoms with Gasteiger partial charge in [0.15, 0.2) is 0 Å². The zero-order valence-corrected chi connectivity index (χ0v) is 13.8. The molecule has 0 bridgehead atoms. The van der Waals surface area contributed by atoms with Crippen LogP contribution in [0.3, 0.4) is 0 Å². The van der Waals surface area contributed by atoms with Crippen molar-refractivity contribution >= 4 is 27.6 Å². The normalized spacial score (nSPS) is 13.9. The van der Waals surface area contributed by atoms with Gasteiger partial charge in [0.25, 0.3) is 11.7 Å². The quantitative estimate of drug-likeness (QED) is 0.607. The zero-order chi connectivity index (χ0) is 15.7. The van der Waals surface area contributed by atoms with Crippen LogP contribution >= 0.6 is 15.9 Å². The Morgan fingerprint density at radius 1 is 1.41 bits per heavy atom. The van der Waals surface area contributed by atoms with E-state index in [1.165, 1.54) is 10.9 Å². The van der Waals surface area contributed by atoms with Gasteiger partial charge in [-0.2, -0.15) is 5.10 Å². The van der Waals surface area contributed by atoms with E-state index in [9.17, 15) is 9.59 Å². The van der Waals surface area contributed by atoms with Crippen molar-refractivity contribution in [2.75, 3.05) is 0 Å². The van der Waals surface area contributed by atoms with Gasteiger partial charge < -0.3 is 4.90 Å². The summed E-state index contributed by atoms with van der Waals surface area (Å²) in [5.41, 5.74) is 1.35. The Hall–Kier alpha value is -1.95. The van der Waals surface area contributed by atoms with Crippen LogP contribution in [-0.4, -0.2) is 32.4 Å². The summed E-state index contributed by atoms with van der Waals surface area (Å²) in [4.78, 5) is 26.6. The number of nitrogens with zero attached hydrogens (tertiary/aromatic N) is 3. The minimum atomic E-state index is -0.491. The fourth-order valence-electron chi connectivity index (χ4n) is 2.38. The molecule has 1 saturated carbocycles. The summed E-state index contributed by atoms with van der Waals surface area (Å²) in [6, 6.07) is 7.97. The molecule has 6 heteroatoms. The second-order valence-electron chi connectivity index (χ2n) is 5.53. The number of Topliss-reactive ketones (excluding diaryl/α,β-unsaturated/α-hetero) is 1. The number of amides is 1. The van der Waals surface area contributed by atoms with Gasteiger partial charge in [0.1, 0.15) is 0 Å². The van der Waals surface area contributed by atoms with E-state index in [1.807, 2.05) is 24.3 Å². The van der Waals surface area contributed by atoms with E-state index in [2.05, 4.69) is 21.0 Å². The van der Waals surface area contributed by atoms with Crippen molar-refractivity contribution in [3.8, 4) is 0 Å². The summed E-state index contributed by atoms with van der Waals surface area (Å²) in [5.74, 6) is -0.939. The molecule has 1 aromatic heterocycles. The molecular weight excluding hydrogens is 346 g/mol. The Kier molecular flexibility index (Phi) is 4.11. The third-order valence-corrected chi connectivity index (χ3v) is 4.15. The standard InChI is InChI=1S/C16H16BrN3O2/c1-19-10-12(8-18-19)15(21)16(22)20(14-5-6-14)9-11-3-2-4-13(17)7-11/h2-4,7-8,10,14H,5-6,9H2,1H3. The number of carbonyl (C=O) groups is 2. The van der Waals surface area contributed by atoms with E-state index in [0.717, 1.165) is 22.9 Å². The van der Waals surface area contributed by atoms with Gasteiger partial charge in [-0.1, -0.05) is 28.1 Å². The number of benzene rings is 1. The Morgan fingerprint density at radius 2 is 2.18 bits per heavy atom. The van der Waals surface area contributed by atoms with Gasteiger partial charge in [-0.25, -0.2) is 0 Å². The number of ketones is 1. The van der Waals surface area contributed by atoms with E-state index < -0.39 is 11.7 Å². The SMILES string of the molecule is Cn1cc(C(=O)C(=O)N(Cc2cccc(Br)c2)C2CC2)cn1. The average molecular weight is 362 g/mol. The first-order valence-corrected chi connectivity index (χ1v) is 7.92. The van der Waals surface area contributed by atoms with Gasteiger partial charge in [-0.15, -0.1) is 0 Å². The number of carbonyl (C=O) groups excluding carboxylic acids is 2. The van der Waals surface area contributed by atoms with Crippen molar-refractivity contribution in [1.29, 1.82) is 0 Å². The molecule has 0 N–H and O–H groups in total. The molecule has 0 aliphatic heterocycles. The lowest BCUT2D eigenvalue weighted by Gasteiger charge is -2.21. The van der Waals surface area contributed by atoms with E-state index >= 15 is 0 Å². The molecule has 1 heterocycles. The van der Waals surface area contributed by atoms with Crippen LogP contribution in [0.1, 0.15) is 28.8 Å². The van der Waals surface area contributed by atoms with Crippen LogP contribution in [0.4, 0.5) is 0 Å². The third kappa shape index (κ3) is 3.27. The van der Waals surface area contributed by atoms with Crippen LogP contribution in [0.2, 0.25) is 0 Å². The summed E-state index contributed by atoms with van der Waals surface area (Å²) in [6.45, 7) is 0.453. The first kappa shape index (κ1) is 15.0. The lowest BCUT2D eigenvalue weighted by molar-refractivity contribution is -0.127. The molecule has 22 heavy (non-hydrogen) atoms. The number of aryl methyl sites for hydroxylation is 1. The number of halogens is 1. The molecule has 1 aliphatic carbocycles. The maximum absolute atomic E-state index is 12.6. The van der Waals surface area contributed by atoms with E-state index in [4.69, 9.17) is 0 Å². The van der Waals surface area contributed by atoms with Crippen LogP contribution in [0, 0.1) is 0 Å². The first-order chi connectivity index (χ1) is 10.5. The highest BCUT2D eigenvalue weighted by molar-refractivity contribution is 9.10. The van der Waals surface area contributed by atoms with Crippen molar-refractivity contribution in [2.24, 2.45) is 7.05 Å². The third-order valence-electron chi connectivity index (χ3n) is 3.65. The van der Waals surface area contributed by atoms with Crippen LogP contribution < -0.4 is 0 Å². The molecule has 0 unspecified atom stereocenters. The lowest BCUT2D eigenvalue weighted by Crippen LogP contribution is -2.37. The summed E-state index contributed by atoms with van der Waals surface area (Å²) in [5, 5.41) is 3.95. The molecule has 1 amide bonds. The highest BCUT2D eigenvalue weighted by Gasteiger charge is 2.36. The van der Waals surface area contributed by atoms with E-state index in [0.29, 0.717) is 12.1 Å². The fourth-order valence-corrected chi connectivity index (χ4v) is 2.82. The van der Waals surface area contributed by atoms with Crippen LogP contribution in [0.5, 0.6) is 0 Å². The van der Waals surface area contributed by atoms with Crippen LogP contribution in [0.25, 0.3) is 0 Å². The van der Waals surface area contributed by atoms with Crippen molar-refractivity contribution in [2.45, 2.75) is 25.4 Å². The molecule has 2 aromatic rings. The zero-order valence-electron chi connectivity index (χ0n) is 12.2. The molecule has 0 atom stereocenters. The average Bonchev–Trinajstić information content (AvgIpc) is 3.24. The molecule has 1 fully saturated rings. The number of rotatable bonds is 5. The topological polar surface area (TPSA) is 55.2 Å². The fraction of sp³-hybridized carbons (Fsp3) is 0.312. The molecule has 3 rings (SSSR count). The second-order valence-corrected chi connectivity index (χ2v) is 6.44. The van der Waals surface area contributed by atoms with Gasteiger partial charge in [0.2, 0.25) is 0 Å². The van der Waals surface area contributed by atoms with Crippen molar-refractivity contribution < 1.29 is 9.59 Å². The Morgan fingerprint density at radius 3 is 2.77 bits per heavy atom. The highest BCUT2D eigenvalue weighted by Crippen LogP contribution is 2.29. The summed E-state index contributed by atoms with van der Waals surface area (Å²) in [7, 11) is 1.72. The molecule has 0 saturated heterocycles. The largest absolute Gasteiger partial charge is 0.328 e. The van der Waals surface area contributed by atoms with Crippen LogP contribution in [0.15, 0.2) is 41.1 Å². The predicted molar refractivity (Wildman–Crippen MR) is 85.3 cm³/mol. The summed E-state index contributed by atoms with van der Waals surface area (Å²) >= 11 is 3.43. The smallest absolute Gasteiger partial charge is 0.295 e. The molecule has 114 valence electrons. The lowest BCUT2D eigenvalue weighted by atomic mass is 10.1. The van der Waals surface area contributed by atoms with Gasteiger partial charge in [0, 0.05) is 30.3 Å². The Balaban J connectivity index is 1.79. The summed E-state index contributed by atoms with van der Waals surface area (Å²) in [6.07, 6.45) is 4.93. The van der Waals surface area contributed by atoms with Gasteiger partial charge in [-0.3, -0.25) is 14.3 Å². The minimum absolute atomic E-state index is 0.173. The monoisotopic (exact) mass is 361 g/mol. The second kappa shape index (κ2) is 6.04. The van der Waals surface area contributed by atoms with Crippen molar-refractivity contribution in [3.63, 3.8) is 0 Å². The molecule has 0 spiro atoms. The molecule has 1 aliphatic rings. The maximum atomic E-state index is 12.6. The highest BCUT2D eigenvalue weighted by atomic mass is 79.9. The van der Waals surface area contributed by atoms with Crippen molar-refractivity contribution in [3.05, 3.63) is 52.3 Å². The van der Waals surface area contributed by atoms with Crippen molar-refractivity contribution in [1.82, 2.24) is 14.7 Å². The Bertz CT molecular complexity index is 722. The van der Waals surface area contributed by atoms with Gasteiger partial charge in [-0.05, 0) is 30.5 Å². The molecular formula is C16H16BrN3O2. The summed E-state index contributed by atoms with van der Waals surface area (Å²) < 4.78 is 2.49. The van der Waals surface area contributed by atoms with Gasteiger partial charge >= 0.3 is 0 Å². The van der Waals surface area contributed by atoms with E-state index in [1.54, 1.807) is 18.1 Å². The predicted octanol–water partition coefficient (Wildman–Crippen LogP) is 2.56.